The van der Waals surface area contributed by atoms with Crippen molar-refractivity contribution < 1.29 is 24.2 Å². The largest absolute Gasteiger partial charge is 0.493 e. The summed E-state index contributed by atoms with van der Waals surface area (Å²) in [6, 6.07) is 21.8. The number of carbonyl (C=O) groups is 2. The summed E-state index contributed by atoms with van der Waals surface area (Å²) in [5, 5.41) is 21.5. The fraction of sp³-hybridized carbons (Fsp3) is 0.179. The molecule has 0 aliphatic heterocycles. The predicted octanol–water partition coefficient (Wildman–Crippen LogP) is 5.39. The molecule has 0 atom stereocenters. The number of methoxy groups -OCH3 is 1. The maximum atomic E-state index is 12.5. The second kappa shape index (κ2) is 13.1. The third-order valence-electron chi connectivity index (χ3n) is 5.26. The van der Waals surface area contributed by atoms with Gasteiger partial charge >= 0.3 is 5.97 Å². The third-order valence-corrected chi connectivity index (χ3v) is 5.84. The summed E-state index contributed by atoms with van der Waals surface area (Å²) in [7, 11) is 1.48. The van der Waals surface area contributed by atoms with E-state index in [0.717, 1.165) is 12.8 Å². The lowest BCUT2D eigenvalue weighted by Gasteiger charge is -2.14. The average molecular weight is 549 g/mol. The first-order valence-corrected chi connectivity index (χ1v) is 12.0. The molecule has 0 saturated heterocycles. The molecule has 3 aromatic rings. The van der Waals surface area contributed by atoms with Gasteiger partial charge in [-0.05, 0) is 75.8 Å². The first-order valence-electron chi connectivity index (χ1n) is 11.2. The number of benzene rings is 3. The molecule has 3 rings (SSSR count). The Labute approximate surface area is 218 Å². The molecular weight excluding hydrogens is 524 g/mol. The Morgan fingerprint density at radius 2 is 1.83 bits per heavy atom. The molecule has 7 nitrogen and oxygen atoms in total. The molecule has 0 aromatic heterocycles. The zero-order valence-corrected chi connectivity index (χ0v) is 21.2. The maximum Gasteiger partial charge on any atom is 0.335 e. The number of amides is 1. The van der Waals surface area contributed by atoms with E-state index in [4.69, 9.17) is 14.6 Å². The van der Waals surface area contributed by atoms with Crippen molar-refractivity contribution in [2.75, 3.05) is 13.7 Å². The number of hydrogen-bond donors (Lipinski definition) is 2. The second-order valence-electron chi connectivity index (χ2n) is 7.84. The number of carbonyl (C=O) groups excluding carboxylic acids is 1. The predicted molar refractivity (Wildman–Crippen MR) is 140 cm³/mol. The molecule has 3 aromatic carbocycles. The van der Waals surface area contributed by atoms with Crippen LogP contribution < -0.4 is 14.8 Å². The number of halogens is 1. The molecule has 0 aliphatic carbocycles. The van der Waals surface area contributed by atoms with E-state index >= 15 is 0 Å². The lowest BCUT2D eigenvalue weighted by Crippen LogP contribution is -2.25. The SMILES string of the molecule is COc1cc(/C=C(/C#N)C(=O)NCCCc2ccccc2)cc(Br)c1OCc1cccc(C(=O)O)c1. The maximum absolute atomic E-state index is 12.5. The molecule has 2 N–H and O–H groups in total. The fourth-order valence-electron chi connectivity index (χ4n) is 3.46. The van der Waals surface area contributed by atoms with Crippen LogP contribution in [-0.4, -0.2) is 30.6 Å². The van der Waals surface area contributed by atoms with Gasteiger partial charge in [-0.3, -0.25) is 4.79 Å². The molecule has 0 radical (unpaired) electrons. The van der Waals surface area contributed by atoms with E-state index in [1.807, 2.05) is 36.4 Å². The standard InChI is InChI=1S/C28H25BrN2O5/c1-35-25-16-21(14-23(17-30)27(32)31-12-6-10-19-7-3-2-4-8-19)15-24(29)26(25)36-18-20-9-5-11-22(13-20)28(33)34/h2-5,7-9,11,13-16H,6,10,12,18H2,1H3,(H,31,32)(H,33,34)/b23-14-. The Morgan fingerprint density at radius 3 is 2.53 bits per heavy atom. The Bertz CT molecular complexity index is 1300. The smallest absolute Gasteiger partial charge is 0.335 e. The van der Waals surface area contributed by atoms with Gasteiger partial charge in [-0.15, -0.1) is 0 Å². The molecule has 0 aliphatic rings. The van der Waals surface area contributed by atoms with E-state index in [2.05, 4.69) is 21.2 Å². The van der Waals surface area contributed by atoms with Crippen LogP contribution in [0.4, 0.5) is 0 Å². The Kier molecular flexibility index (Phi) is 9.66. The number of aromatic carboxylic acids is 1. The highest BCUT2D eigenvalue weighted by atomic mass is 79.9. The van der Waals surface area contributed by atoms with Crippen molar-refractivity contribution in [3.63, 3.8) is 0 Å². The van der Waals surface area contributed by atoms with E-state index in [9.17, 15) is 14.9 Å². The van der Waals surface area contributed by atoms with Crippen LogP contribution >= 0.6 is 15.9 Å². The van der Waals surface area contributed by atoms with Gasteiger partial charge in [-0.1, -0.05) is 42.5 Å². The van der Waals surface area contributed by atoms with Crippen molar-refractivity contribution in [3.05, 3.63) is 99.0 Å². The number of carboxylic acid groups (broad SMARTS) is 1. The van der Waals surface area contributed by atoms with Gasteiger partial charge in [0.2, 0.25) is 0 Å². The van der Waals surface area contributed by atoms with Crippen LogP contribution in [0.3, 0.4) is 0 Å². The van der Waals surface area contributed by atoms with Gasteiger partial charge in [0.15, 0.2) is 11.5 Å². The first-order chi connectivity index (χ1) is 17.4. The zero-order chi connectivity index (χ0) is 25.9. The van der Waals surface area contributed by atoms with Crippen LogP contribution in [0.5, 0.6) is 11.5 Å². The minimum absolute atomic E-state index is 0.0252. The highest BCUT2D eigenvalue weighted by Gasteiger charge is 2.14. The molecule has 1 amide bonds. The van der Waals surface area contributed by atoms with E-state index < -0.39 is 11.9 Å². The summed E-state index contributed by atoms with van der Waals surface area (Å²) in [5.74, 6) is -0.649. The van der Waals surface area contributed by atoms with E-state index in [1.54, 1.807) is 24.3 Å². The van der Waals surface area contributed by atoms with Crippen LogP contribution in [0.15, 0.2) is 76.8 Å². The summed E-state index contributed by atoms with van der Waals surface area (Å²) in [6.45, 7) is 0.579. The quantitative estimate of drug-likeness (QED) is 0.189. The summed E-state index contributed by atoms with van der Waals surface area (Å²) >= 11 is 3.46. The van der Waals surface area contributed by atoms with Gasteiger partial charge in [-0.2, -0.15) is 5.26 Å². The zero-order valence-electron chi connectivity index (χ0n) is 19.7. The molecular formula is C28H25BrN2O5. The van der Waals surface area contributed by atoms with Crippen molar-refractivity contribution >= 4 is 33.9 Å². The highest BCUT2D eigenvalue weighted by molar-refractivity contribution is 9.10. The van der Waals surface area contributed by atoms with Gasteiger partial charge in [0.05, 0.1) is 17.1 Å². The number of aryl methyl sites for hydroxylation is 1. The summed E-state index contributed by atoms with van der Waals surface area (Å²) in [5.41, 5.74) is 2.60. The minimum atomic E-state index is -1.01. The number of nitrogens with one attached hydrogen (secondary N) is 1. The average Bonchev–Trinajstić information content (AvgIpc) is 2.89. The summed E-state index contributed by atoms with van der Waals surface area (Å²) in [4.78, 5) is 23.7. The van der Waals surface area contributed by atoms with Gasteiger partial charge in [0.1, 0.15) is 18.2 Å². The van der Waals surface area contributed by atoms with Crippen LogP contribution in [0, 0.1) is 11.3 Å². The molecule has 184 valence electrons. The Balaban J connectivity index is 1.67. The van der Waals surface area contributed by atoms with Crippen LogP contribution in [0.25, 0.3) is 6.08 Å². The fourth-order valence-corrected chi connectivity index (χ4v) is 4.04. The van der Waals surface area contributed by atoms with E-state index in [0.29, 0.717) is 33.6 Å². The molecule has 8 heteroatoms. The van der Waals surface area contributed by atoms with E-state index in [-0.39, 0.29) is 17.7 Å². The first kappa shape index (κ1) is 26.5. The summed E-state index contributed by atoms with van der Waals surface area (Å²) in [6.07, 6.45) is 3.08. The van der Waals surface area contributed by atoms with Crippen molar-refractivity contribution in [2.45, 2.75) is 19.4 Å². The number of carboxylic acids is 1. The monoisotopic (exact) mass is 548 g/mol. The lowest BCUT2D eigenvalue weighted by molar-refractivity contribution is -0.117. The van der Waals surface area contributed by atoms with Gasteiger partial charge in [0, 0.05) is 6.54 Å². The van der Waals surface area contributed by atoms with Crippen LogP contribution in [0.1, 0.15) is 33.5 Å². The van der Waals surface area contributed by atoms with Crippen molar-refractivity contribution in [1.29, 1.82) is 5.26 Å². The molecule has 0 heterocycles. The van der Waals surface area contributed by atoms with Crippen molar-refractivity contribution in [3.8, 4) is 17.6 Å². The molecule has 0 fully saturated rings. The Hall–Kier alpha value is -4.09. The van der Waals surface area contributed by atoms with Crippen molar-refractivity contribution in [1.82, 2.24) is 5.32 Å². The topological polar surface area (TPSA) is 109 Å². The number of nitriles is 1. The normalized spacial score (nSPS) is 10.9. The second-order valence-corrected chi connectivity index (χ2v) is 8.70. The third kappa shape index (κ3) is 7.45. The van der Waals surface area contributed by atoms with Gasteiger partial charge in [-0.25, -0.2) is 4.79 Å². The van der Waals surface area contributed by atoms with Crippen LogP contribution in [-0.2, 0) is 17.8 Å². The summed E-state index contributed by atoms with van der Waals surface area (Å²) < 4.78 is 11.9. The van der Waals surface area contributed by atoms with E-state index in [1.165, 1.54) is 30.9 Å². The minimum Gasteiger partial charge on any atom is -0.493 e. The Morgan fingerprint density at radius 1 is 1.08 bits per heavy atom. The molecule has 36 heavy (non-hydrogen) atoms. The van der Waals surface area contributed by atoms with Gasteiger partial charge in [0.25, 0.3) is 5.91 Å². The highest BCUT2D eigenvalue weighted by Crippen LogP contribution is 2.37. The van der Waals surface area contributed by atoms with Gasteiger partial charge < -0.3 is 19.9 Å². The lowest BCUT2D eigenvalue weighted by atomic mass is 10.1. The van der Waals surface area contributed by atoms with Crippen molar-refractivity contribution in [2.24, 2.45) is 0 Å². The van der Waals surface area contributed by atoms with Crippen LogP contribution in [0.2, 0.25) is 0 Å². The molecule has 0 unspecified atom stereocenters. The molecule has 0 spiro atoms. The number of ether oxygens (including phenoxy) is 2. The molecule has 0 bridgehead atoms. The number of hydrogen-bond acceptors (Lipinski definition) is 5. The molecule has 0 saturated carbocycles. The number of nitrogens with zero attached hydrogens (tertiary/aromatic N) is 1. The number of rotatable bonds is 11.